The Kier molecular flexibility index (Phi) is 11.0. The van der Waals surface area contributed by atoms with Crippen LogP contribution in [0.25, 0.3) is 0 Å². The number of ether oxygens (including phenoxy) is 2. The zero-order valence-corrected chi connectivity index (χ0v) is 22.8. The van der Waals surface area contributed by atoms with Crippen LogP contribution in [0.4, 0.5) is 0 Å². The van der Waals surface area contributed by atoms with Gasteiger partial charge in [0.1, 0.15) is 12.4 Å². The number of aliphatic carboxylic acids is 1. The number of nitrogens with one attached hydrogen (secondary N) is 2. The van der Waals surface area contributed by atoms with E-state index in [1.54, 1.807) is 17.8 Å². The molecule has 0 unspecified atom stereocenters. The minimum absolute atomic E-state index is 0.0117. The fraction of sp³-hybridized carbons (Fsp3) is 0.448. The van der Waals surface area contributed by atoms with E-state index in [2.05, 4.69) is 41.2 Å². The molecule has 0 aliphatic heterocycles. The number of hydrogen-bond acceptors (Lipinski definition) is 6. The van der Waals surface area contributed by atoms with Crippen LogP contribution in [0.3, 0.4) is 0 Å². The van der Waals surface area contributed by atoms with E-state index < -0.39 is 12.1 Å². The Hall–Kier alpha value is -2.81. The molecule has 2 aromatic carbocycles. The molecule has 200 valence electrons. The summed E-state index contributed by atoms with van der Waals surface area (Å²) >= 11 is 1.71. The van der Waals surface area contributed by atoms with Crippen molar-refractivity contribution in [1.29, 1.82) is 0 Å². The molecule has 1 amide bonds. The maximum atomic E-state index is 12.0. The molecule has 0 aromatic heterocycles. The number of amides is 1. The van der Waals surface area contributed by atoms with E-state index in [0.29, 0.717) is 25.1 Å². The predicted molar refractivity (Wildman–Crippen MR) is 147 cm³/mol. The van der Waals surface area contributed by atoms with Crippen molar-refractivity contribution >= 4 is 23.6 Å². The Morgan fingerprint density at radius 2 is 1.70 bits per heavy atom. The highest BCUT2D eigenvalue weighted by atomic mass is 32.2. The van der Waals surface area contributed by atoms with Gasteiger partial charge in [0, 0.05) is 30.0 Å². The van der Waals surface area contributed by atoms with E-state index in [9.17, 15) is 14.7 Å². The smallest absolute Gasteiger partial charge is 0.331 e. The molecular formula is C29H38N2O5S. The van der Waals surface area contributed by atoms with Crippen LogP contribution in [-0.2, 0) is 27.5 Å². The zero-order chi connectivity index (χ0) is 26.8. The quantitative estimate of drug-likeness (QED) is 0.318. The van der Waals surface area contributed by atoms with Gasteiger partial charge < -0.3 is 25.2 Å². The lowest BCUT2D eigenvalue weighted by molar-refractivity contribution is -0.133. The van der Waals surface area contributed by atoms with Crippen LogP contribution in [0.15, 0.2) is 65.1 Å². The van der Waals surface area contributed by atoms with Crippen LogP contribution in [-0.4, -0.2) is 47.5 Å². The minimum atomic E-state index is -0.962. The fourth-order valence-electron chi connectivity index (χ4n) is 4.41. The number of carboxylic acids is 1. The monoisotopic (exact) mass is 526 g/mol. The van der Waals surface area contributed by atoms with Crippen LogP contribution in [0.1, 0.15) is 51.2 Å². The van der Waals surface area contributed by atoms with Crippen LogP contribution in [0, 0.1) is 0 Å². The standard InChI is InChI=1S/C29H38N2O5S/c1-5-23(6-2)36-27-16-22(29(33)34)15-26(28(27)31-19(3)32)30-17-20-7-11-24(12-8-20)35-18-21-9-13-25(37-4)14-10-21/h7-14,16,23,26-28,30H,5-6,15,17-18H2,1-4H3,(H,31,32)(H,33,34)/t26-,27+,28+/m0/s1. The Bertz CT molecular complexity index is 1050. The van der Waals surface area contributed by atoms with E-state index in [4.69, 9.17) is 9.47 Å². The number of carbonyl (C=O) groups excluding carboxylic acids is 1. The lowest BCUT2D eigenvalue weighted by atomic mass is 9.87. The average Bonchev–Trinajstić information content (AvgIpc) is 2.90. The topological polar surface area (TPSA) is 96.9 Å². The molecule has 37 heavy (non-hydrogen) atoms. The fourth-order valence-corrected chi connectivity index (χ4v) is 4.81. The van der Waals surface area contributed by atoms with Crippen LogP contribution in [0.2, 0.25) is 0 Å². The van der Waals surface area contributed by atoms with Crippen molar-refractivity contribution < 1.29 is 24.2 Å². The Labute approximate surface area is 224 Å². The molecular weight excluding hydrogens is 488 g/mol. The summed E-state index contributed by atoms with van der Waals surface area (Å²) in [6.07, 6.45) is 5.09. The molecule has 0 radical (unpaired) electrons. The molecule has 0 fully saturated rings. The molecule has 0 spiro atoms. The Morgan fingerprint density at radius 3 is 2.27 bits per heavy atom. The molecule has 0 saturated carbocycles. The Balaban J connectivity index is 1.65. The third-order valence-electron chi connectivity index (χ3n) is 6.55. The summed E-state index contributed by atoms with van der Waals surface area (Å²) in [4.78, 5) is 25.1. The van der Waals surface area contributed by atoms with Crippen molar-refractivity contribution in [1.82, 2.24) is 10.6 Å². The number of carbonyl (C=O) groups is 2. The first kappa shape index (κ1) is 28.8. The second kappa shape index (κ2) is 14.2. The molecule has 0 bridgehead atoms. The van der Waals surface area contributed by atoms with Crippen LogP contribution in [0.5, 0.6) is 5.75 Å². The maximum absolute atomic E-state index is 12.0. The highest BCUT2D eigenvalue weighted by molar-refractivity contribution is 7.98. The van der Waals surface area contributed by atoms with Crippen molar-refractivity contribution in [3.05, 3.63) is 71.3 Å². The third-order valence-corrected chi connectivity index (χ3v) is 7.30. The van der Waals surface area contributed by atoms with Crippen molar-refractivity contribution in [2.75, 3.05) is 6.26 Å². The summed E-state index contributed by atoms with van der Waals surface area (Å²) < 4.78 is 12.2. The van der Waals surface area contributed by atoms with Gasteiger partial charge in [-0.25, -0.2) is 4.79 Å². The summed E-state index contributed by atoms with van der Waals surface area (Å²) in [5, 5.41) is 16.2. The zero-order valence-electron chi connectivity index (χ0n) is 22.0. The maximum Gasteiger partial charge on any atom is 0.331 e. The highest BCUT2D eigenvalue weighted by Crippen LogP contribution is 2.25. The van der Waals surface area contributed by atoms with Gasteiger partial charge in [-0.15, -0.1) is 11.8 Å². The first-order chi connectivity index (χ1) is 17.8. The highest BCUT2D eigenvalue weighted by Gasteiger charge is 2.37. The molecule has 1 aliphatic rings. The first-order valence-electron chi connectivity index (χ1n) is 12.8. The van der Waals surface area contributed by atoms with Crippen molar-refractivity contribution in [2.24, 2.45) is 0 Å². The minimum Gasteiger partial charge on any atom is -0.489 e. The average molecular weight is 527 g/mol. The largest absolute Gasteiger partial charge is 0.489 e. The normalized spacial score (nSPS) is 19.4. The van der Waals surface area contributed by atoms with E-state index in [-0.39, 0.29) is 24.1 Å². The van der Waals surface area contributed by atoms with Gasteiger partial charge in [-0.2, -0.15) is 0 Å². The van der Waals surface area contributed by atoms with E-state index in [1.807, 2.05) is 38.1 Å². The molecule has 3 N–H and O–H groups in total. The van der Waals surface area contributed by atoms with Gasteiger partial charge in [0.25, 0.3) is 0 Å². The SMILES string of the molecule is CCC(CC)O[C@@H]1C=C(C(=O)O)C[C@H](NCc2ccc(OCc3ccc(SC)cc3)cc2)[C@H]1NC(C)=O. The van der Waals surface area contributed by atoms with E-state index in [1.165, 1.54) is 11.8 Å². The molecule has 1 aliphatic carbocycles. The first-order valence-corrected chi connectivity index (χ1v) is 14.0. The summed E-state index contributed by atoms with van der Waals surface area (Å²) in [5.41, 5.74) is 2.43. The number of rotatable bonds is 13. The summed E-state index contributed by atoms with van der Waals surface area (Å²) in [7, 11) is 0. The molecule has 3 rings (SSSR count). The van der Waals surface area contributed by atoms with Crippen molar-refractivity contribution in [3.63, 3.8) is 0 Å². The number of benzene rings is 2. The van der Waals surface area contributed by atoms with E-state index in [0.717, 1.165) is 29.7 Å². The van der Waals surface area contributed by atoms with E-state index >= 15 is 0 Å². The molecule has 3 atom stereocenters. The Morgan fingerprint density at radius 1 is 1.05 bits per heavy atom. The summed E-state index contributed by atoms with van der Waals surface area (Å²) in [6.45, 7) is 6.56. The molecule has 0 saturated heterocycles. The van der Waals surface area contributed by atoms with Crippen molar-refractivity contribution in [2.45, 2.75) is 82.4 Å². The predicted octanol–water partition coefficient (Wildman–Crippen LogP) is 4.94. The lowest BCUT2D eigenvalue weighted by Crippen LogP contribution is -2.58. The van der Waals surface area contributed by atoms with Gasteiger partial charge in [0.05, 0.1) is 18.2 Å². The molecule has 2 aromatic rings. The number of thioether (sulfide) groups is 1. The number of carboxylic acid groups (broad SMARTS) is 1. The second-order valence-corrected chi connectivity index (χ2v) is 10.1. The molecule has 0 heterocycles. The van der Waals surface area contributed by atoms with Gasteiger partial charge in [0.15, 0.2) is 0 Å². The second-order valence-electron chi connectivity index (χ2n) is 9.23. The number of hydrogen-bond donors (Lipinski definition) is 3. The van der Waals surface area contributed by atoms with Gasteiger partial charge >= 0.3 is 5.97 Å². The van der Waals surface area contributed by atoms with Gasteiger partial charge in [-0.3, -0.25) is 4.79 Å². The van der Waals surface area contributed by atoms with Crippen LogP contribution >= 0.6 is 11.8 Å². The molecule has 8 heteroatoms. The summed E-state index contributed by atoms with van der Waals surface area (Å²) in [6, 6.07) is 15.5. The lowest BCUT2D eigenvalue weighted by Gasteiger charge is -2.38. The van der Waals surface area contributed by atoms with Gasteiger partial charge in [-0.05, 0) is 67.0 Å². The van der Waals surface area contributed by atoms with Gasteiger partial charge in [-0.1, -0.05) is 38.1 Å². The van der Waals surface area contributed by atoms with Gasteiger partial charge in [0.2, 0.25) is 5.91 Å². The molecule has 7 nitrogen and oxygen atoms in total. The third kappa shape index (κ3) is 8.62. The van der Waals surface area contributed by atoms with Crippen LogP contribution < -0.4 is 15.4 Å². The summed E-state index contributed by atoms with van der Waals surface area (Å²) in [5.74, 6) is -0.358. The van der Waals surface area contributed by atoms with Crippen molar-refractivity contribution in [3.8, 4) is 5.75 Å².